The number of carboxylic acid groups (broad SMARTS) is 2. The van der Waals surface area contributed by atoms with Crippen molar-refractivity contribution in [3.05, 3.63) is 34.9 Å². The van der Waals surface area contributed by atoms with E-state index in [4.69, 9.17) is 10.2 Å². The molecule has 5 heteroatoms. The summed E-state index contributed by atoms with van der Waals surface area (Å²) in [6, 6.07) is 4.31. The summed E-state index contributed by atoms with van der Waals surface area (Å²) in [7, 11) is 0. The zero-order valence-corrected chi connectivity index (χ0v) is 11.0. The van der Waals surface area contributed by atoms with Crippen molar-refractivity contribution in [3.63, 3.8) is 0 Å². The van der Waals surface area contributed by atoms with Crippen LogP contribution in [0.2, 0.25) is 0 Å². The fourth-order valence-electron chi connectivity index (χ4n) is 1.89. The quantitative estimate of drug-likeness (QED) is 0.628. The third-order valence-corrected chi connectivity index (χ3v) is 2.90. The lowest BCUT2D eigenvalue weighted by Crippen LogP contribution is -2.20. The second kappa shape index (κ2) is 7.53. The van der Waals surface area contributed by atoms with Gasteiger partial charge >= 0.3 is 11.9 Å². The number of unbranched alkanes of at least 4 members (excludes halogenated alkanes) is 2. The van der Waals surface area contributed by atoms with Crippen LogP contribution in [-0.4, -0.2) is 28.7 Å². The van der Waals surface area contributed by atoms with Crippen LogP contribution in [0.3, 0.4) is 0 Å². The SMILES string of the molecule is CCCCCNCc1c(C(=O)O)cccc1C(=O)O. The molecule has 104 valence electrons. The van der Waals surface area contributed by atoms with E-state index in [9.17, 15) is 9.59 Å². The number of hydrogen-bond acceptors (Lipinski definition) is 3. The molecular formula is C14H19NO4. The molecule has 19 heavy (non-hydrogen) atoms. The maximum Gasteiger partial charge on any atom is 0.336 e. The first-order valence-electron chi connectivity index (χ1n) is 6.37. The average molecular weight is 265 g/mol. The monoisotopic (exact) mass is 265 g/mol. The molecule has 3 N–H and O–H groups in total. The molecule has 1 rings (SSSR count). The predicted molar refractivity (Wildman–Crippen MR) is 71.6 cm³/mol. The summed E-state index contributed by atoms with van der Waals surface area (Å²) in [6.07, 6.45) is 3.20. The van der Waals surface area contributed by atoms with Gasteiger partial charge in [-0.15, -0.1) is 0 Å². The van der Waals surface area contributed by atoms with Gasteiger partial charge in [0, 0.05) is 6.54 Å². The van der Waals surface area contributed by atoms with Crippen LogP contribution in [0, 0.1) is 0 Å². The summed E-state index contributed by atoms with van der Waals surface area (Å²) < 4.78 is 0. The van der Waals surface area contributed by atoms with Gasteiger partial charge in [0.25, 0.3) is 0 Å². The molecule has 0 atom stereocenters. The van der Waals surface area contributed by atoms with E-state index < -0.39 is 11.9 Å². The minimum Gasteiger partial charge on any atom is -0.478 e. The van der Waals surface area contributed by atoms with Gasteiger partial charge < -0.3 is 15.5 Å². The highest BCUT2D eigenvalue weighted by atomic mass is 16.4. The summed E-state index contributed by atoms with van der Waals surface area (Å²) in [6.45, 7) is 3.11. The summed E-state index contributed by atoms with van der Waals surface area (Å²) in [4.78, 5) is 22.2. The van der Waals surface area contributed by atoms with Crippen LogP contribution in [0.15, 0.2) is 18.2 Å². The summed E-state index contributed by atoms with van der Waals surface area (Å²) >= 11 is 0. The molecule has 0 unspecified atom stereocenters. The molecule has 0 aliphatic carbocycles. The van der Waals surface area contributed by atoms with Crippen molar-refractivity contribution in [1.82, 2.24) is 5.32 Å². The number of carboxylic acids is 2. The van der Waals surface area contributed by atoms with E-state index in [1.165, 1.54) is 18.2 Å². The molecule has 0 heterocycles. The number of carbonyl (C=O) groups is 2. The third kappa shape index (κ3) is 4.37. The molecule has 1 aromatic carbocycles. The number of benzene rings is 1. The van der Waals surface area contributed by atoms with Crippen LogP contribution in [0.4, 0.5) is 0 Å². The van der Waals surface area contributed by atoms with Crippen molar-refractivity contribution in [2.45, 2.75) is 32.7 Å². The van der Waals surface area contributed by atoms with Crippen LogP contribution >= 0.6 is 0 Å². The highest BCUT2D eigenvalue weighted by molar-refractivity contribution is 5.96. The van der Waals surface area contributed by atoms with Crippen molar-refractivity contribution in [2.75, 3.05) is 6.54 Å². The molecule has 0 bridgehead atoms. The van der Waals surface area contributed by atoms with Gasteiger partial charge in [0.1, 0.15) is 0 Å². The maximum absolute atomic E-state index is 11.1. The first-order valence-corrected chi connectivity index (χ1v) is 6.37. The molecule has 0 aliphatic rings. The van der Waals surface area contributed by atoms with E-state index in [2.05, 4.69) is 12.2 Å². The molecule has 0 aromatic heterocycles. The van der Waals surface area contributed by atoms with E-state index in [0.717, 1.165) is 25.8 Å². The molecule has 0 aliphatic heterocycles. The number of nitrogens with one attached hydrogen (secondary N) is 1. The number of rotatable bonds is 8. The normalized spacial score (nSPS) is 10.4. The predicted octanol–water partition coefficient (Wildman–Crippen LogP) is 2.36. The number of aromatic carboxylic acids is 2. The van der Waals surface area contributed by atoms with Crippen LogP contribution in [0.25, 0.3) is 0 Å². The Balaban J connectivity index is 2.83. The van der Waals surface area contributed by atoms with Crippen molar-refractivity contribution < 1.29 is 19.8 Å². The molecule has 0 amide bonds. The second-order valence-corrected chi connectivity index (χ2v) is 4.33. The zero-order valence-electron chi connectivity index (χ0n) is 11.0. The Kier molecular flexibility index (Phi) is 6.02. The molecule has 0 saturated heterocycles. The summed E-state index contributed by atoms with van der Waals surface area (Å²) in [5, 5.41) is 21.3. The van der Waals surface area contributed by atoms with E-state index in [-0.39, 0.29) is 17.7 Å². The van der Waals surface area contributed by atoms with Crippen molar-refractivity contribution in [1.29, 1.82) is 0 Å². The molecule has 0 fully saturated rings. The van der Waals surface area contributed by atoms with Crippen molar-refractivity contribution >= 4 is 11.9 Å². The molecule has 1 aromatic rings. The molecule has 0 saturated carbocycles. The molecule has 0 spiro atoms. The summed E-state index contributed by atoms with van der Waals surface area (Å²) in [5.41, 5.74) is 0.421. The smallest absolute Gasteiger partial charge is 0.336 e. The first kappa shape index (κ1) is 15.2. The van der Waals surface area contributed by atoms with Crippen molar-refractivity contribution in [2.24, 2.45) is 0 Å². The minimum absolute atomic E-state index is 0.0443. The Bertz CT molecular complexity index is 425. The Labute approximate surface area is 112 Å². The maximum atomic E-state index is 11.1. The van der Waals surface area contributed by atoms with Gasteiger partial charge in [-0.05, 0) is 30.7 Å². The van der Waals surface area contributed by atoms with Gasteiger partial charge in [0.2, 0.25) is 0 Å². The Morgan fingerprint density at radius 1 is 1.11 bits per heavy atom. The largest absolute Gasteiger partial charge is 0.478 e. The fraction of sp³-hybridized carbons (Fsp3) is 0.429. The van der Waals surface area contributed by atoms with Gasteiger partial charge in [-0.1, -0.05) is 25.8 Å². The van der Waals surface area contributed by atoms with Crippen molar-refractivity contribution in [3.8, 4) is 0 Å². The molecule has 5 nitrogen and oxygen atoms in total. The Morgan fingerprint density at radius 2 is 1.68 bits per heavy atom. The van der Waals surface area contributed by atoms with Crippen LogP contribution in [-0.2, 0) is 6.54 Å². The van der Waals surface area contributed by atoms with Gasteiger partial charge in [0.15, 0.2) is 0 Å². The molecular weight excluding hydrogens is 246 g/mol. The van der Waals surface area contributed by atoms with Gasteiger partial charge in [-0.3, -0.25) is 0 Å². The van der Waals surface area contributed by atoms with Crippen LogP contribution < -0.4 is 5.32 Å². The van der Waals surface area contributed by atoms with E-state index >= 15 is 0 Å². The molecule has 0 radical (unpaired) electrons. The zero-order chi connectivity index (χ0) is 14.3. The second-order valence-electron chi connectivity index (χ2n) is 4.33. The standard InChI is InChI=1S/C14H19NO4/c1-2-3-4-8-15-9-12-10(13(16)17)6-5-7-11(12)14(18)19/h5-7,15H,2-4,8-9H2,1H3,(H,16,17)(H,18,19). The van der Waals surface area contributed by atoms with Crippen LogP contribution in [0.1, 0.15) is 52.5 Å². The first-order chi connectivity index (χ1) is 9.07. The van der Waals surface area contributed by atoms with E-state index in [1.54, 1.807) is 0 Å². The number of hydrogen-bond donors (Lipinski definition) is 3. The van der Waals surface area contributed by atoms with Gasteiger partial charge in [-0.2, -0.15) is 0 Å². The Hall–Kier alpha value is -1.88. The van der Waals surface area contributed by atoms with Crippen LogP contribution in [0.5, 0.6) is 0 Å². The third-order valence-electron chi connectivity index (χ3n) is 2.90. The highest BCUT2D eigenvalue weighted by Crippen LogP contribution is 2.15. The lowest BCUT2D eigenvalue weighted by molar-refractivity contribution is 0.0695. The minimum atomic E-state index is -1.10. The van der Waals surface area contributed by atoms with E-state index in [1.807, 2.05) is 0 Å². The van der Waals surface area contributed by atoms with Gasteiger partial charge in [0.05, 0.1) is 11.1 Å². The fourth-order valence-corrected chi connectivity index (χ4v) is 1.89. The van der Waals surface area contributed by atoms with Gasteiger partial charge in [-0.25, -0.2) is 9.59 Å². The Morgan fingerprint density at radius 3 is 2.16 bits per heavy atom. The average Bonchev–Trinajstić information content (AvgIpc) is 2.38. The highest BCUT2D eigenvalue weighted by Gasteiger charge is 2.17. The summed E-state index contributed by atoms with van der Waals surface area (Å²) in [5.74, 6) is -2.21. The lowest BCUT2D eigenvalue weighted by Gasteiger charge is -2.11. The lowest BCUT2D eigenvalue weighted by atomic mass is 10.0. The topological polar surface area (TPSA) is 86.6 Å². The van der Waals surface area contributed by atoms with E-state index in [0.29, 0.717) is 5.56 Å².